The molecule has 2 aliphatic rings. The molecule has 0 saturated carbocycles. The van der Waals surface area contributed by atoms with Crippen molar-refractivity contribution in [1.29, 1.82) is 0 Å². The molecule has 1 amide bonds. The summed E-state index contributed by atoms with van der Waals surface area (Å²) in [5.41, 5.74) is 0.995. The number of carbonyl (C=O) groups is 1. The lowest BCUT2D eigenvalue weighted by Gasteiger charge is -2.24. The molecule has 2 aliphatic heterocycles. The normalized spacial score (nSPS) is 26.2. The summed E-state index contributed by atoms with van der Waals surface area (Å²) in [6.45, 7) is 4.12. The van der Waals surface area contributed by atoms with Crippen LogP contribution in [-0.2, 0) is 21.2 Å². The molecule has 2 atom stereocenters. The summed E-state index contributed by atoms with van der Waals surface area (Å²) in [6.07, 6.45) is 0. The smallest absolute Gasteiger partial charge is 0.250 e. The number of hydrogen-bond acceptors (Lipinski definition) is 5. The maximum absolute atomic E-state index is 12.1. The van der Waals surface area contributed by atoms with Gasteiger partial charge in [-0.3, -0.25) is 4.79 Å². The minimum atomic E-state index is -3.04. The topological polar surface area (TPSA) is 76.0 Å². The van der Waals surface area contributed by atoms with Crippen LogP contribution in [0.1, 0.15) is 19.4 Å². The molecule has 0 aromatic heterocycles. The molecule has 1 aromatic carbocycles. The van der Waals surface area contributed by atoms with E-state index in [0.29, 0.717) is 11.7 Å². The maximum Gasteiger partial charge on any atom is 0.250 e. The van der Waals surface area contributed by atoms with Crippen LogP contribution in [0.3, 0.4) is 0 Å². The first-order valence-electron chi connectivity index (χ1n) is 8.18. The SMILES string of the molecule is COc1cccc(CN2C(=NC(=O)C(C)C)S[C@H]3CS(=O)(=O)C[C@H]32)c1. The zero-order chi connectivity index (χ0) is 18.2. The van der Waals surface area contributed by atoms with Gasteiger partial charge in [-0.2, -0.15) is 4.99 Å². The van der Waals surface area contributed by atoms with Crippen molar-refractivity contribution in [3.05, 3.63) is 29.8 Å². The largest absolute Gasteiger partial charge is 0.497 e. The van der Waals surface area contributed by atoms with Gasteiger partial charge in [-0.15, -0.1) is 0 Å². The number of aliphatic imine (C=N–C) groups is 1. The van der Waals surface area contributed by atoms with Crippen LogP contribution in [0.2, 0.25) is 0 Å². The Bertz CT molecular complexity index is 805. The van der Waals surface area contributed by atoms with Crippen LogP contribution < -0.4 is 4.74 Å². The van der Waals surface area contributed by atoms with Gasteiger partial charge < -0.3 is 9.64 Å². The van der Waals surface area contributed by atoms with Crippen molar-refractivity contribution >= 4 is 32.7 Å². The Morgan fingerprint density at radius 2 is 2.16 bits per heavy atom. The molecule has 0 radical (unpaired) electrons. The minimum Gasteiger partial charge on any atom is -0.497 e. The highest BCUT2D eigenvalue weighted by Crippen LogP contribution is 2.39. The second kappa shape index (κ2) is 6.99. The Hall–Kier alpha value is -1.54. The van der Waals surface area contributed by atoms with Crippen LogP contribution in [0.15, 0.2) is 29.3 Å². The lowest BCUT2D eigenvalue weighted by molar-refractivity contribution is -0.120. The van der Waals surface area contributed by atoms with Gasteiger partial charge >= 0.3 is 0 Å². The Morgan fingerprint density at radius 3 is 2.84 bits per heavy atom. The van der Waals surface area contributed by atoms with E-state index in [4.69, 9.17) is 4.74 Å². The predicted molar refractivity (Wildman–Crippen MR) is 99.6 cm³/mol. The van der Waals surface area contributed by atoms with Crippen molar-refractivity contribution in [1.82, 2.24) is 4.90 Å². The molecule has 0 aliphatic carbocycles. The highest BCUT2D eigenvalue weighted by molar-refractivity contribution is 8.15. The summed E-state index contributed by atoms with van der Waals surface area (Å²) < 4.78 is 29.3. The van der Waals surface area contributed by atoms with Crippen molar-refractivity contribution in [3.8, 4) is 5.75 Å². The van der Waals surface area contributed by atoms with Crippen LogP contribution in [-0.4, -0.2) is 54.3 Å². The van der Waals surface area contributed by atoms with Gasteiger partial charge in [0.25, 0.3) is 5.91 Å². The van der Waals surface area contributed by atoms with E-state index in [-0.39, 0.29) is 34.6 Å². The van der Waals surface area contributed by atoms with Gasteiger partial charge in [0.05, 0.1) is 24.7 Å². The van der Waals surface area contributed by atoms with Crippen molar-refractivity contribution in [2.24, 2.45) is 10.9 Å². The summed E-state index contributed by atoms with van der Waals surface area (Å²) in [4.78, 5) is 18.3. The molecule has 136 valence electrons. The number of amides is 1. The number of benzene rings is 1. The molecule has 2 saturated heterocycles. The van der Waals surface area contributed by atoms with E-state index in [2.05, 4.69) is 4.99 Å². The number of rotatable bonds is 4. The number of ether oxygens (including phenoxy) is 1. The Kier molecular flexibility index (Phi) is 5.11. The summed E-state index contributed by atoms with van der Waals surface area (Å²) in [7, 11) is -1.43. The molecule has 3 rings (SSSR count). The van der Waals surface area contributed by atoms with E-state index >= 15 is 0 Å². The van der Waals surface area contributed by atoms with Crippen molar-refractivity contribution in [2.45, 2.75) is 31.7 Å². The van der Waals surface area contributed by atoms with E-state index < -0.39 is 9.84 Å². The summed E-state index contributed by atoms with van der Waals surface area (Å²) in [5, 5.41) is 0.570. The van der Waals surface area contributed by atoms with Crippen molar-refractivity contribution in [3.63, 3.8) is 0 Å². The van der Waals surface area contributed by atoms with E-state index in [9.17, 15) is 13.2 Å². The summed E-state index contributed by atoms with van der Waals surface area (Å²) in [5.74, 6) is 0.642. The molecule has 0 bridgehead atoms. The summed E-state index contributed by atoms with van der Waals surface area (Å²) in [6, 6.07) is 7.51. The molecular weight excluding hydrogens is 360 g/mol. The number of nitrogens with zero attached hydrogens (tertiary/aromatic N) is 2. The monoisotopic (exact) mass is 382 g/mol. The molecular formula is C17H22N2O4S2. The van der Waals surface area contributed by atoms with Gasteiger partial charge in [0.1, 0.15) is 5.75 Å². The van der Waals surface area contributed by atoms with Gasteiger partial charge in [0.15, 0.2) is 15.0 Å². The molecule has 0 unspecified atom stereocenters. The van der Waals surface area contributed by atoms with E-state index in [1.165, 1.54) is 11.8 Å². The number of fused-ring (bicyclic) bond motifs is 1. The highest BCUT2D eigenvalue weighted by Gasteiger charge is 2.48. The number of amidine groups is 1. The lowest BCUT2D eigenvalue weighted by atomic mass is 10.1. The van der Waals surface area contributed by atoms with Crippen LogP contribution in [0, 0.1) is 5.92 Å². The van der Waals surface area contributed by atoms with Crippen molar-refractivity contribution in [2.75, 3.05) is 18.6 Å². The van der Waals surface area contributed by atoms with Crippen LogP contribution in [0.4, 0.5) is 0 Å². The first-order chi connectivity index (χ1) is 11.8. The van der Waals surface area contributed by atoms with Gasteiger partial charge in [0.2, 0.25) is 0 Å². The van der Waals surface area contributed by atoms with E-state index in [1.54, 1.807) is 7.11 Å². The van der Waals surface area contributed by atoms with Gasteiger partial charge in [-0.1, -0.05) is 37.7 Å². The van der Waals surface area contributed by atoms with Gasteiger partial charge in [-0.05, 0) is 17.7 Å². The van der Waals surface area contributed by atoms with E-state index in [0.717, 1.165) is 11.3 Å². The zero-order valence-corrected chi connectivity index (χ0v) is 16.1. The fourth-order valence-corrected chi connectivity index (χ4v) is 6.97. The molecule has 6 nitrogen and oxygen atoms in total. The number of carbonyl (C=O) groups excluding carboxylic acids is 1. The third kappa shape index (κ3) is 4.00. The second-order valence-electron chi connectivity index (χ2n) is 6.67. The first kappa shape index (κ1) is 18.3. The molecule has 2 fully saturated rings. The number of hydrogen-bond donors (Lipinski definition) is 0. The lowest BCUT2D eigenvalue weighted by Crippen LogP contribution is -2.37. The average Bonchev–Trinajstić information content (AvgIpc) is 3.00. The molecule has 2 heterocycles. The third-order valence-electron chi connectivity index (χ3n) is 4.36. The van der Waals surface area contributed by atoms with Crippen LogP contribution >= 0.6 is 11.8 Å². The zero-order valence-electron chi connectivity index (χ0n) is 14.5. The van der Waals surface area contributed by atoms with E-state index in [1.807, 2.05) is 43.0 Å². The first-order valence-corrected chi connectivity index (χ1v) is 10.9. The highest BCUT2D eigenvalue weighted by atomic mass is 32.2. The second-order valence-corrected chi connectivity index (χ2v) is 10.0. The maximum atomic E-state index is 12.1. The fourth-order valence-electron chi connectivity index (χ4n) is 3.01. The number of thioether (sulfide) groups is 1. The molecule has 0 N–H and O–H groups in total. The fraction of sp³-hybridized carbons (Fsp3) is 0.529. The minimum absolute atomic E-state index is 0.0608. The van der Waals surface area contributed by atoms with Gasteiger partial charge in [-0.25, -0.2) is 8.42 Å². The average molecular weight is 383 g/mol. The molecule has 0 spiro atoms. The Morgan fingerprint density at radius 1 is 1.40 bits per heavy atom. The Labute approximate surface area is 152 Å². The van der Waals surface area contributed by atoms with Crippen LogP contribution in [0.5, 0.6) is 5.75 Å². The van der Waals surface area contributed by atoms with Gasteiger partial charge in [0, 0.05) is 17.7 Å². The number of methoxy groups -OCH3 is 1. The molecule has 8 heteroatoms. The number of sulfone groups is 1. The molecule has 1 aromatic rings. The predicted octanol–water partition coefficient (Wildman–Crippen LogP) is 1.95. The Balaban J connectivity index is 1.90. The molecule has 25 heavy (non-hydrogen) atoms. The van der Waals surface area contributed by atoms with Crippen LogP contribution in [0.25, 0.3) is 0 Å². The summed E-state index contributed by atoms with van der Waals surface area (Å²) >= 11 is 1.41. The quantitative estimate of drug-likeness (QED) is 0.792. The van der Waals surface area contributed by atoms with Crippen molar-refractivity contribution < 1.29 is 17.9 Å². The third-order valence-corrected chi connectivity index (χ3v) is 7.61. The standard InChI is InChI=1S/C17H22N2O4S2/c1-11(2)16(20)18-17-19(8-12-5-4-6-13(7-12)23-3)14-9-25(21,22)10-15(14)24-17/h4-7,11,14-15H,8-10H2,1-3H3/t14-,15+/m1/s1.